The number of carboxylic acids is 1. The predicted molar refractivity (Wildman–Crippen MR) is 77.4 cm³/mol. The highest BCUT2D eigenvalue weighted by atomic mass is 16.4. The Kier molecular flexibility index (Phi) is 2.54. The summed E-state index contributed by atoms with van der Waals surface area (Å²) in [7, 11) is 0. The lowest BCUT2D eigenvalue weighted by molar-refractivity contribution is 0.0699. The van der Waals surface area contributed by atoms with Gasteiger partial charge in [-0.1, -0.05) is 35.5 Å². The van der Waals surface area contributed by atoms with Crippen LogP contribution in [0.2, 0.25) is 0 Å². The molecule has 1 aromatic heterocycles. The molecule has 1 aliphatic carbocycles. The average Bonchev–Trinajstić information content (AvgIpc) is 2.87. The molecule has 1 unspecified atom stereocenters. The van der Waals surface area contributed by atoms with Gasteiger partial charge in [0.2, 0.25) is 0 Å². The molecule has 5 heteroatoms. The van der Waals surface area contributed by atoms with Gasteiger partial charge in [0.25, 0.3) is 0 Å². The highest BCUT2D eigenvalue weighted by Crippen LogP contribution is 2.36. The van der Waals surface area contributed by atoms with Gasteiger partial charge in [0.1, 0.15) is 5.52 Å². The minimum atomic E-state index is -0.971. The zero-order valence-electron chi connectivity index (χ0n) is 11.2. The van der Waals surface area contributed by atoms with E-state index in [9.17, 15) is 9.90 Å². The molecular formula is C16H13N3O2. The van der Waals surface area contributed by atoms with E-state index < -0.39 is 5.97 Å². The number of carbonyl (C=O) groups is 1. The van der Waals surface area contributed by atoms with Gasteiger partial charge >= 0.3 is 5.97 Å². The van der Waals surface area contributed by atoms with Crippen molar-refractivity contribution in [3.05, 3.63) is 59.2 Å². The third-order valence-corrected chi connectivity index (χ3v) is 4.13. The van der Waals surface area contributed by atoms with Crippen LogP contribution in [-0.4, -0.2) is 26.1 Å². The third kappa shape index (κ3) is 1.81. The maximum atomic E-state index is 11.2. The summed E-state index contributed by atoms with van der Waals surface area (Å²) in [6.45, 7) is 0.733. The van der Waals surface area contributed by atoms with Crippen LogP contribution in [0.3, 0.4) is 0 Å². The predicted octanol–water partition coefficient (Wildman–Crippen LogP) is 2.47. The Morgan fingerprint density at radius 2 is 2.10 bits per heavy atom. The van der Waals surface area contributed by atoms with Crippen molar-refractivity contribution in [2.75, 3.05) is 0 Å². The lowest BCUT2D eigenvalue weighted by atomic mass is 9.77. The van der Waals surface area contributed by atoms with Crippen molar-refractivity contribution in [1.29, 1.82) is 0 Å². The molecule has 3 aromatic rings. The molecule has 0 saturated heterocycles. The molecule has 1 N–H and O–H groups in total. The summed E-state index contributed by atoms with van der Waals surface area (Å²) in [5.74, 6) is -0.541. The number of rotatable bonds is 3. The Morgan fingerprint density at radius 3 is 2.90 bits per heavy atom. The van der Waals surface area contributed by atoms with Crippen LogP contribution in [0.4, 0.5) is 0 Å². The van der Waals surface area contributed by atoms with Crippen molar-refractivity contribution in [1.82, 2.24) is 15.0 Å². The van der Waals surface area contributed by atoms with E-state index in [1.54, 1.807) is 12.1 Å². The highest BCUT2D eigenvalue weighted by molar-refractivity contribution is 6.00. The van der Waals surface area contributed by atoms with E-state index in [4.69, 9.17) is 0 Å². The maximum Gasteiger partial charge on any atom is 0.338 e. The summed E-state index contributed by atoms with van der Waals surface area (Å²) >= 11 is 0. The van der Waals surface area contributed by atoms with Gasteiger partial charge in [0, 0.05) is 5.92 Å². The smallest absolute Gasteiger partial charge is 0.338 e. The molecule has 0 amide bonds. The minimum Gasteiger partial charge on any atom is -0.478 e. The molecule has 1 heterocycles. The van der Waals surface area contributed by atoms with Gasteiger partial charge in [-0.25, -0.2) is 9.48 Å². The fourth-order valence-electron chi connectivity index (χ4n) is 3.03. The fourth-order valence-corrected chi connectivity index (χ4v) is 3.03. The average molecular weight is 279 g/mol. The summed E-state index contributed by atoms with van der Waals surface area (Å²) in [5, 5.41) is 17.4. The first-order valence-electron chi connectivity index (χ1n) is 6.87. The van der Waals surface area contributed by atoms with Crippen molar-refractivity contribution in [2.45, 2.75) is 18.9 Å². The van der Waals surface area contributed by atoms with E-state index in [-0.39, 0.29) is 5.56 Å². The van der Waals surface area contributed by atoms with Crippen molar-refractivity contribution in [3.8, 4) is 0 Å². The van der Waals surface area contributed by atoms with E-state index in [2.05, 4.69) is 28.5 Å². The molecule has 0 fully saturated rings. The standard InChI is InChI=1S/C16H13N3O2/c20-16(21)13-6-3-7-14-15(13)17-18-19(14)9-11-8-10-4-1-2-5-12(10)11/h1-7,11H,8-9H2,(H,20,21). The van der Waals surface area contributed by atoms with Crippen LogP contribution in [0.15, 0.2) is 42.5 Å². The number of benzene rings is 2. The molecule has 2 aromatic carbocycles. The normalized spacial score (nSPS) is 16.5. The Morgan fingerprint density at radius 1 is 1.24 bits per heavy atom. The quantitative estimate of drug-likeness (QED) is 0.799. The van der Waals surface area contributed by atoms with Crippen LogP contribution >= 0.6 is 0 Å². The largest absolute Gasteiger partial charge is 0.478 e. The van der Waals surface area contributed by atoms with Crippen molar-refractivity contribution >= 4 is 17.0 Å². The molecule has 0 saturated carbocycles. The molecular weight excluding hydrogens is 266 g/mol. The van der Waals surface area contributed by atoms with Crippen LogP contribution in [0.1, 0.15) is 27.4 Å². The Balaban J connectivity index is 1.70. The summed E-state index contributed by atoms with van der Waals surface area (Å²) in [6, 6.07) is 13.6. The van der Waals surface area contributed by atoms with Crippen molar-refractivity contribution < 1.29 is 9.90 Å². The summed E-state index contributed by atoms with van der Waals surface area (Å²) in [5.41, 5.74) is 4.18. The van der Waals surface area contributed by atoms with Crippen LogP contribution in [-0.2, 0) is 13.0 Å². The van der Waals surface area contributed by atoms with Crippen LogP contribution in [0.25, 0.3) is 11.0 Å². The minimum absolute atomic E-state index is 0.202. The number of fused-ring (bicyclic) bond motifs is 2. The summed E-state index contributed by atoms with van der Waals surface area (Å²) in [4.78, 5) is 11.2. The first kappa shape index (κ1) is 12.1. The molecule has 4 rings (SSSR count). The highest BCUT2D eigenvalue weighted by Gasteiger charge is 2.26. The zero-order valence-corrected chi connectivity index (χ0v) is 11.2. The van der Waals surface area contributed by atoms with E-state index in [0.29, 0.717) is 11.4 Å². The first-order chi connectivity index (χ1) is 10.2. The first-order valence-corrected chi connectivity index (χ1v) is 6.87. The molecule has 5 nitrogen and oxygen atoms in total. The Labute approximate surface area is 120 Å². The van der Waals surface area contributed by atoms with Gasteiger partial charge in [-0.15, -0.1) is 5.10 Å². The molecule has 0 radical (unpaired) electrons. The van der Waals surface area contributed by atoms with E-state index in [1.807, 2.05) is 16.8 Å². The molecule has 0 aliphatic heterocycles. The van der Waals surface area contributed by atoms with Gasteiger partial charge in [0.15, 0.2) is 0 Å². The topological polar surface area (TPSA) is 68.0 Å². The molecule has 1 atom stereocenters. The van der Waals surface area contributed by atoms with Gasteiger partial charge in [0.05, 0.1) is 17.6 Å². The number of aromatic carboxylic acids is 1. The molecule has 0 spiro atoms. The lowest BCUT2D eigenvalue weighted by Crippen LogP contribution is -2.22. The third-order valence-electron chi connectivity index (χ3n) is 4.13. The Hall–Kier alpha value is -2.69. The summed E-state index contributed by atoms with van der Waals surface area (Å²) in [6.07, 6.45) is 1.04. The SMILES string of the molecule is O=C(O)c1cccc2c1nnn2CC1Cc2ccccc21. The van der Waals surface area contributed by atoms with Gasteiger partial charge in [-0.2, -0.15) is 0 Å². The zero-order chi connectivity index (χ0) is 14.4. The van der Waals surface area contributed by atoms with E-state index in [0.717, 1.165) is 18.5 Å². The Bertz CT molecular complexity index is 854. The van der Waals surface area contributed by atoms with Gasteiger partial charge in [-0.3, -0.25) is 0 Å². The van der Waals surface area contributed by atoms with Crippen molar-refractivity contribution in [3.63, 3.8) is 0 Å². The second-order valence-corrected chi connectivity index (χ2v) is 5.35. The maximum absolute atomic E-state index is 11.2. The number of nitrogens with zero attached hydrogens (tertiary/aromatic N) is 3. The van der Waals surface area contributed by atoms with Crippen molar-refractivity contribution in [2.24, 2.45) is 0 Å². The van der Waals surface area contributed by atoms with Gasteiger partial charge in [-0.05, 0) is 29.7 Å². The van der Waals surface area contributed by atoms with Crippen LogP contribution in [0.5, 0.6) is 0 Å². The second kappa shape index (κ2) is 4.41. The monoisotopic (exact) mass is 279 g/mol. The van der Waals surface area contributed by atoms with Crippen LogP contribution < -0.4 is 0 Å². The molecule has 21 heavy (non-hydrogen) atoms. The molecule has 1 aliphatic rings. The lowest BCUT2D eigenvalue weighted by Gasteiger charge is -2.29. The molecule has 104 valence electrons. The molecule has 0 bridgehead atoms. The van der Waals surface area contributed by atoms with Crippen LogP contribution in [0, 0.1) is 0 Å². The van der Waals surface area contributed by atoms with E-state index >= 15 is 0 Å². The summed E-state index contributed by atoms with van der Waals surface area (Å²) < 4.78 is 1.81. The number of aromatic nitrogens is 3. The second-order valence-electron chi connectivity index (χ2n) is 5.35. The number of hydrogen-bond acceptors (Lipinski definition) is 3. The number of carboxylic acid groups (broad SMARTS) is 1. The van der Waals surface area contributed by atoms with Gasteiger partial charge < -0.3 is 5.11 Å². The fraction of sp³-hybridized carbons (Fsp3) is 0.188. The van der Waals surface area contributed by atoms with E-state index in [1.165, 1.54) is 11.1 Å². The number of hydrogen-bond donors (Lipinski definition) is 1.